The first-order valence-electron chi connectivity index (χ1n) is 6.59. The van der Waals surface area contributed by atoms with Gasteiger partial charge in [0.25, 0.3) is 0 Å². The first kappa shape index (κ1) is 16.1. The SMILES string of the molecule is CCC(C)NC(C(=O)OC)c1csc(C(C)(C)C)n1. The largest absolute Gasteiger partial charge is 0.468 e. The number of nitrogens with one attached hydrogen (secondary N) is 1. The number of hydrogen-bond acceptors (Lipinski definition) is 5. The van der Waals surface area contributed by atoms with Gasteiger partial charge in [0.2, 0.25) is 0 Å². The van der Waals surface area contributed by atoms with Gasteiger partial charge in [0.15, 0.2) is 0 Å². The number of methoxy groups -OCH3 is 1. The van der Waals surface area contributed by atoms with Gasteiger partial charge in [-0.15, -0.1) is 11.3 Å². The van der Waals surface area contributed by atoms with Crippen LogP contribution in [-0.4, -0.2) is 24.1 Å². The highest BCUT2D eigenvalue weighted by molar-refractivity contribution is 7.09. The molecule has 1 aromatic rings. The van der Waals surface area contributed by atoms with E-state index in [1.54, 1.807) is 11.3 Å². The molecule has 0 spiro atoms. The zero-order chi connectivity index (χ0) is 14.6. The molecule has 0 aliphatic carbocycles. The molecule has 5 heteroatoms. The molecule has 0 aliphatic rings. The summed E-state index contributed by atoms with van der Waals surface area (Å²) in [5, 5.41) is 6.24. The van der Waals surface area contributed by atoms with Gasteiger partial charge < -0.3 is 4.74 Å². The van der Waals surface area contributed by atoms with E-state index in [0.29, 0.717) is 0 Å². The monoisotopic (exact) mass is 284 g/mol. The summed E-state index contributed by atoms with van der Waals surface area (Å²) in [7, 11) is 1.41. The third-order valence-corrected chi connectivity index (χ3v) is 4.25. The van der Waals surface area contributed by atoms with Crippen LogP contribution in [0.2, 0.25) is 0 Å². The van der Waals surface area contributed by atoms with E-state index in [4.69, 9.17) is 4.74 Å². The summed E-state index contributed by atoms with van der Waals surface area (Å²) in [6.07, 6.45) is 0.948. The molecule has 0 bridgehead atoms. The van der Waals surface area contributed by atoms with Gasteiger partial charge in [0.1, 0.15) is 6.04 Å². The fourth-order valence-corrected chi connectivity index (χ4v) is 2.49. The average molecular weight is 284 g/mol. The van der Waals surface area contributed by atoms with Crippen molar-refractivity contribution in [3.05, 3.63) is 16.1 Å². The van der Waals surface area contributed by atoms with Crippen molar-refractivity contribution < 1.29 is 9.53 Å². The first-order chi connectivity index (χ1) is 8.79. The maximum Gasteiger partial charge on any atom is 0.329 e. The number of thiazole rings is 1. The summed E-state index contributed by atoms with van der Waals surface area (Å²) >= 11 is 1.59. The van der Waals surface area contributed by atoms with Gasteiger partial charge in [0.05, 0.1) is 17.8 Å². The number of carbonyl (C=O) groups is 1. The number of ether oxygens (including phenoxy) is 1. The van der Waals surface area contributed by atoms with Gasteiger partial charge >= 0.3 is 5.97 Å². The number of carbonyl (C=O) groups excluding carboxylic acids is 1. The van der Waals surface area contributed by atoms with Crippen LogP contribution in [0.3, 0.4) is 0 Å². The van der Waals surface area contributed by atoms with Crippen molar-refractivity contribution in [2.45, 2.75) is 58.5 Å². The third-order valence-electron chi connectivity index (χ3n) is 2.96. The van der Waals surface area contributed by atoms with Crippen LogP contribution in [0.15, 0.2) is 5.38 Å². The molecule has 0 radical (unpaired) electrons. The van der Waals surface area contributed by atoms with Crippen molar-refractivity contribution >= 4 is 17.3 Å². The highest BCUT2D eigenvalue weighted by Gasteiger charge is 2.27. The minimum Gasteiger partial charge on any atom is -0.468 e. The van der Waals surface area contributed by atoms with E-state index >= 15 is 0 Å². The molecule has 2 atom stereocenters. The van der Waals surface area contributed by atoms with Gasteiger partial charge in [-0.2, -0.15) is 0 Å². The van der Waals surface area contributed by atoms with Crippen molar-refractivity contribution in [2.24, 2.45) is 0 Å². The van der Waals surface area contributed by atoms with E-state index in [1.165, 1.54) is 7.11 Å². The molecule has 2 unspecified atom stereocenters. The van der Waals surface area contributed by atoms with E-state index in [-0.39, 0.29) is 17.4 Å². The third kappa shape index (κ3) is 4.28. The maximum atomic E-state index is 11.9. The lowest BCUT2D eigenvalue weighted by Crippen LogP contribution is -2.36. The molecular weight excluding hydrogens is 260 g/mol. The highest BCUT2D eigenvalue weighted by Crippen LogP contribution is 2.28. The molecule has 0 saturated carbocycles. The van der Waals surface area contributed by atoms with Crippen LogP contribution < -0.4 is 5.32 Å². The van der Waals surface area contributed by atoms with Crippen LogP contribution in [0.25, 0.3) is 0 Å². The van der Waals surface area contributed by atoms with Crippen molar-refractivity contribution in [1.82, 2.24) is 10.3 Å². The molecule has 108 valence electrons. The van der Waals surface area contributed by atoms with E-state index in [1.807, 2.05) is 12.3 Å². The molecule has 1 aromatic heterocycles. The second-order valence-electron chi connectivity index (χ2n) is 5.76. The lowest BCUT2D eigenvalue weighted by molar-refractivity contribution is -0.143. The molecule has 1 heterocycles. The second kappa shape index (κ2) is 6.48. The Kier molecular flexibility index (Phi) is 5.50. The predicted molar refractivity (Wildman–Crippen MR) is 78.5 cm³/mol. The van der Waals surface area contributed by atoms with Crippen molar-refractivity contribution in [3.63, 3.8) is 0 Å². The molecule has 0 aliphatic heterocycles. The van der Waals surface area contributed by atoms with E-state index < -0.39 is 6.04 Å². The Bertz CT molecular complexity index is 423. The summed E-state index contributed by atoms with van der Waals surface area (Å²) in [4.78, 5) is 16.5. The lowest BCUT2D eigenvalue weighted by Gasteiger charge is -2.19. The summed E-state index contributed by atoms with van der Waals surface area (Å²) in [5.74, 6) is -0.286. The van der Waals surface area contributed by atoms with Gasteiger partial charge in [-0.25, -0.2) is 9.78 Å². The molecule has 0 fully saturated rings. The van der Waals surface area contributed by atoms with Crippen LogP contribution in [0.1, 0.15) is 57.8 Å². The topological polar surface area (TPSA) is 51.2 Å². The number of esters is 1. The van der Waals surface area contributed by atoms with E-state index in [2.05, 4.69) is 38.0 Å². The summed E-state index contributed by atoms with van der Waals surface area (Å²) in [5.41, 5.74) is 0.752. The predicted octanol–water partition coefficient (Wildman–Crippen LogP) is 3.04. The Morgan fingerprint density at radius 3 is 2.58 bits per heavy atom. The molecule has 4 nitrogen and oxygen atoms in total. The Balaban J connectivity index is 2.98. The van der Waals surface area contributed by atoms with E-state index in [9.17, 15) is 4.79 Å². The van der Waals surface area contributed by atoms with Crippen molar-refractivity contribution in [2.75, 3.05) is 7.11 Å². The molecule has 1 rings (SSSR count). The first-order valence-corrected chi connectivity index (χ1v) is 7.47. The van der Waals surface area contributed by atoms with Crippen LogP contribution in [-0.2, 0) is 14.9 Å². The summed E-state index contributed by atoms with van der Waals surface area (Å²) < 4.78 is 4.87. The lowest BCUT2D eigenvalue weighted by atomic mass is 9.98. The summed E-state index contributed by atoms with van der Waals surface area (Å²) in [6.45, 7) is 10.5. The van der Waals surface area contributed by atoms with Crippen LogP contribution in [0.4, 0.5) is 0 Å². The quantitative estimate of drug-likeness (QED) is 0.844. The molecule has 0 saturated heterocycles. The Labute approximate surface area is 119 Å². The highest BCUT2D eigenvalue weighted by atomic mass is 32.1. The Morgan fingerprint density at radius 1 is 1.53 bits per heavy atom. The van der Waals surface area contributed by atoms with Gasteiger partial charge in [-0.3, -0.25) is 5.32 Å². The fourth-order valence-electron chi connectivity index (χ4n) is 1.56. The number of hydrogen-bond donors (Lipinski definition) is 1. The second-order valence-corrected chi connectivity index (χ2v) is 6.62. The van der Waals surface area contributed by atoms with Crippen molar-refractivity contribution in [3.8, 4) is 0 Å². The number of rotatable bonds is 5. The van der Waals surface area contributed by atoms with Crippen LogP contribution in [0, 0.1) is 0 Å². The minimum atomic E-state index is -0.479. The molecule has 0 aromatic carbocycles. The fraction of sp³-hybridized carbons (Fsp3) is 0.714. The normalized spacial score (nSPS) is 15.1. The molecular formula is C14H24N2O2S. The van der Waals surface area contributed by atoms with Gasteiger partial charge in [-0.1, -0.05) is 27.7 Å². The zero-order valence-electron chi connectivity index (χ0n) is 12.6. The van der Waals surface area contributed by atoms with E-state index in [0.717, 1.165) is 17.1 Å². The molecule has 1 N–H and O–H groups in total. The Hall–Kier alpha value is -0.940. The Morgan fingerprint density at radius 2 is 2.16 bits per heavy atom. The number of nitrogens with zero attached hydrogens (tertiary/aromatic N) is 1. The van der Waals surface area contributed by atoms with Gasteiger partial charge in [0, 0.05) is 16.8 Å². The average Bonchev–Trinajstić information content (AvgIpc) is 2.83. The zero-order valence-corrected chi connectivity index (χ0v) is 13.4. The molecule has 0 amide bonds. The molecule has 19 heavy (non-hydrogen) atoms. The summed E-state index contributed by atoms with van der Waals surface area (Å²) in [6, 6.07) is -0.240. The van der Waals surface area contributed by atoms with Crippen LogP contribution in [0.5, 0.6) is 0 Å². The maximum absolute atomic E-state index is 11.9. The number of aromatic nitrogens is 1. The minimum absolute atomic E-state index is 0.0000412. The van der Waals surface area contributed by atoms with Gasteiger partial charge in [-0.05, 0) is 13.3 Å². The van der Waals surface area contributed by atoms with Crippen molar-refractivity contribution in [1.29, 1.82) is 0 Å². The smallest absolute Gasteiger partial charge is 0.329 e. The standard InChI is InChI=1S/C14H24N2O2S/c1-7-9(2)15-11(12(17)18-6)10-8-19-13(16-10)14(3,4)5/h8-9,11,15H,7H2,1-6H3. The van der Waals surface area contributed by atoms with Crippen LogP contribution >= 0.6 is 11.3 Å².